The Bertz CT molecular complexity index is 195. The Hall–Kier alpha value is -0.300. The van der Waals surface area contributed by atoms with E-state index < -0.39 is 0 Å². The van der Waals surface area contributed by atoms with E-state index in [4.69, 9.17) is 0 Å². The maximum Gasteiger partial charge on any atom is 0.0622 e. The van der Waals surface area contributed by atoms with Gasteiger partial charge in [-0.25, -0.2) is 0 Å². The van der Waals surface area contributed by atoms with E-state index in [0.717, 1.165) is 12.8 Å². The molecule has 0 bridgehead atoms. The maximum absolute atomic E-state index is 10.1. The summed E-state index contributed by atoms with van der Waals surface area (Å²) in [4.78, 5) is 0. The molecule has 1 aliphatic carbocycles. The molecule has 1 aliphatic rings. The summed E-state index contributed by atoms with van der Waals surface area (Å²) in [7, 11) is 0. The first-order valence-corrected chi connectivity index (χ1v) is 5.33. The SMILES string of the molecule is CC(C)C(O)C1(C)CCC=CC1C. The Balaban J connectivity index is 2.79. The van der Waals surface area contributed by atoms with Crippen molar-refractivity contribution in [2.75, 3.05) is 0 Å². The van der Waals surface area contributed by atoms with Crippen molar-refractivity contribution in [3.8, 4) is 0 Å². The van der Waals surface area contributed by atoms with Crippen molar-refractivity contribution in [2.24, 2.45) is 17.3 Å². The van der Waals surface area contributed by atoms with Gasteiger partial charge in [-0.2, -0.15) is 0 Å². The van der Waals surface area contributed by atoms with E-state index in [9.17, 15) is 5.11 Å². The predicted molar refractivity (Wildman–Crippen MR) is 56.5 cm³/mol. The van der Waals surface area contributed by atoms with Crippen LogP contribution in [0.1, 0.15) is 40.5 Å². The van der Waals surface area contributed by atoms with Gasteiger partial charge in [0.05, 0.1) is 6.10 Å². The molecule has 1 heteroatoms. The molecular weight excluding hydrogens is 160 g/mol. The second kappa shape index (κ2) is 3.83. The van der Waals surface area contributed by atoms with Gasteiger partial charge in [-0.3, -0.25) is 0 Å². The van der Waals surface area contributed by atoms with Crippen molar-refractivity contribution in [1.82, 2.24) is 0 Å². The van der Waals surface area contributed by atoms with E-state index in [1.165, 1.54) is 0 Å². The molecule has 0 amide bonds. The molecule has 0 saturated heterocycles. The third kappa shape index (κ3) is 1.96. The number of allylic oxidation sites excluding steroid dienone is 2. The zero-order valence-electron chi connectivity index (χ0n) is 9.25. The van der Waals surface area contributed by atoms with E-state index in [-0.39, 0.29) is 11.5 Å². The normalized spacial score (nSPS) is 36.6. The standard InChI is InChI=1S/C12H22O/c1-9(2)11(13)12(4)8-6-5-7-10(12)3/h5,7,9-11,13H,6,8H2,1-4H3. The summed E-state index contributed by atoms with van der Waals surface area (Å²) in [6.45, 7) is 8.62. The van der Waals surface area contributed by atoms with Gasteiger partial charge in [0.25, 0.3) is 0 Å². The Morgan fingerprint density at radius 1 is 1.46 bits per heavy atom. The van der Waals surface area contributed by atoms with Gasteiger partial charge >= 0.3 is 0 Å². The molecular formula is C12H22O. The van der Waals surface area contributed by atoms with Crippen LogP contribution in [0.5, 0.6) is 0 Å². The lowest BCUT2D eigenvalue weighted by molar-refractivity contribution is -0.0284. The molecule has 0 radical (unpaired) electrons. The predicted octanol–water partition coefficient (Wildman–Crippen LogP) is 3.00. The van der Waals surface area contributed by atoms with Crippen molar-refractivity contribution >= 4 is 0 Å². The summed E-state index contributed by atoms with van der Waals surface area (Å²) < 4.78 is 0. The lowest BCUT2D eigenvalue weighted by Crippen LogP contribution is -2.41. The quantitative estimate of drug-likeness (QED) is 0.651. The lowest BCUT2D eigenvalue weighted by Gasteiger charge is -2.42. The summed E-state index contributed by atoms with van der Waals surface area (Å²) in [6, 6.07) is 0. The Morgan fingerprint density at radius 2 is 2.08 bits per heavy atom. The lowest BCUT2D eigenvalue weighted by atomic mass is 9.65. The van der Waals surface area contributed by atoms with Gasteiger partial charge in [0.15, 0.2) is 0 Å². The topological polar surface area (TPSA) is 20.2 Å². The summed E-state index contributed by atoms with van der Waals surface area (Å²) in [6.07, 6.45) is 6.54. The van der Waals surface area contributed by atoms with Crippen LogP contribution in [-0.2, 0) is 0 Å². The van der Waals surface area contributed by atoms with Crippen molar-refractivity contribution < 1.29 is 5.11 Å². The zero-order valence-corrected chi connectivity index (χ0v) is 9.25. The van der Waals surface area contributed by atoms with E-state index in [2.05, 4.69) is 39.8 Å². The average molecular weight is 182 g/mol. The number of hydrogen-bond donors (Lipinski definition) is 1. The number of aliphatic hydroxyl groups excluding tert-OH is 1. The first-order valence-electron chi connectivity index (χ1n) is 5.33. The fourth-order valence-corrected chi connectivity index (χ4v) is 2.32. The van der Waals surface area contributed by atoms with Gasteiger partial charge in [-0.05, 0) is 24.7 Å². The molecule has 0 aromatic rings. The molecule has 1 nitrogen and oxygen atoms in total. The molecule has 1 rings (SSSR count). The Labute approximate surface area is 81.9 Å². The molecule has 0 fully saturated rings. The van der Waals surface area contributed by atoms with Crippen molar-refractivity contribution in [2.45, 2.75) is 46.6 Å². The smallest absolute Gasteiger partial charge is 0.0622 e. The third-order valence-electron chi connectivity index (χ3n) is 3.62. The van der Waals surface area contributed by atoms with Gasteiger partial charge in [0, 0.05) is 5.41 Å². The molecule has 0 aromatic carbocycles. The molecule has 0 spiro atoms. The average Bonchev–Trinajstić information content (AvgIpc) is 2.09. The number of aliphatic hydroxyl groups is 1. The Kier molecular flexibility index (Phi) is 3.18. The minimum absolute atomic E-state index is 0.0862. The molecule has 0 heterocycles. The molecule has 13 heavy (non-hydrogen) atoms. The molecule has 3 atom stereocenters. The highest BCUT2D eigenvalue weighted by atomic mass is 16.3. The van der Waals surface area contributed by atoms with Crippen LogP contribution in [0.4, 0.5) is 0 Å². The van der Waals surface area contributed by atoms with Crippen LogP contribution in [0.25, 0.3) is 0 Å². The van der Waals surface area contributed by atoms with Gasteiger partial charge in [-0.1, -0.05) is 39.8 Å². The summed E-state index contributed by atoms with van der Waals surface area (Å²) in [5.74, 6) is 0.859. The summed E-state index contributed by atoms with van der Waals surface area (Å²) in [5.41, 5.74) is 0.0862. The first kappa shape index (κ1) is 10.8. The highest BCUT2D eigenvalue weighted by Gasteiger charge is 2.39. The van der Waals surface area contributed by atoms with E-state index >= 15 is 0 Å². The molecule has 3 unspecified atom stereocenters. The highest BCUT2D eigenvalue weighted by molar-refractivity contribution is 5.04. The fourth-order valence-electron chi connectivity index (χ4n) is 2.32. The fraction of sp³-hybridized carbons (Fsp3) is 0.833. The molecule has 0 aromatic heterocycles. The van der Waals surface area contributed by atoms with Gasteiger partial charge in [-0.15, -0.1) is 0 Å². The minimum atomic E-state index is -0.174. The van der Waals surface area contributed by atoms with E-state index in [1.807, 2.05) is 0 Å². The third-order valence-corrected chi connectivity index (χ3v) is 3.62. The second-order valence-electron chi connectivity index (χ2n) is 4.95. The van der Waals surface area contributed by atoms with E-state index in [0.29, 0.717) is 11.8 Å². The summed E-state index contributed by atoms with van der Waals surface area (Å²) in [5, 5.41) is 10.1. The van der Waals surface area contributed by atoms with Crippen LogP contribution < -0.4 is 0 Å². The van der Waals surface area contributed by atoms with E-state index in [1.54, 1.807) is 0 Å². The van der Waals surface area contributed by atoms with Gasteiger partial charge in [0.2, 0.25) is 0 Å². The van der Waals surface area contributed by atoms with Crippen LogP contribution in [0.15, 0.2) is 12.2 Å². The maximum atomic E-state index is 10.1. The minimum Gasteiger partial charge on any atom is -0.392 e. The number of hydrogen-bond acceptors (Lipinski definition) is 1. The van der Waals surface area contributed by atoms with Crippen LogP contribution >= 0.6 is 0 Å². The Morgan fingerprint density at radius 3 is 2.54 bits per heavy atom. The molecule has 0 aliphatic heterocycles. The van der Waals surface area contributed by atoms with Crippen molar-refractivity contribution in [1.29, 1.82) is 0 Å². The zero-order chi connectivity index (χ0) is 10.1. The largest absolute Gasteiger partial charge is 0.392 e. The van der Waals surface area contributed by atoms with Crippen molar-refractivity contribution in [3.05, 3.63) is 12.2 Å². The van der Waals surface area contributed by atoms with Gasteiger partial charge < -0.3 is 5.11 Å². The number of rotatable bonds is 2. The molecule has 1 N–H and O–H groups in total. The highest BCUT2D eigenvalue weighted by Crippen LogP contribution is 2.42. The second-order valence-corrected chi connectivity index (χ2v) is 4.95. The van der Waals surface area contributed by atoms with Crippen LogP contribution in [0.3, 0.4) is 0 Å². The van der Waals surface area contributed by atoms with Gasteiger partial charge in [0.1, 0.15) is 0 Å². The molecule has 76 valence electrons. The van der Waals surface area contributed by atoms with Crippen LogP contribution in [0.2, 0.25) is 0 Å². The van der Waals surface area contributed by atoms with Crippen molar-refractivity contribution in [3.63, 3.8) is 0 Å². The summed E-state index contributed by atoms with van der Waals surface area (Å²) >= 11 is 0. The van der Waals surface area contributed by atoms with Crippen LogP contribution in [-0.4, -0.2) is 11.2 Å². The first-order chi connectivity index (χ1) is 5.98. The molecule has 0 saturated carbocycles. The monoisotopic (exact) mass is 182 g/mol. The van der Waals surface area contributed by atoms with Crippen LogP contribution in [0, 0.1) is 17.3 Å².